The second-order valence-corrected chi connectivity index (χ2v) is 11.9. The smallest absolute Gasteiger partial charge is 0.269 e. The molecule has 1 aromatic heterocycles. The highest BCUT2D eigenvalue weighted by Crippen LogP contribution is 2.38. The van der Waals surface area contributed by atoms with Gasteiger partial charge in [0.15, 0.2) is 5.69 Å². The molecule has 4 rings (SSSR count). The molecule has 3 N–H and O–H groups in total. The van der Waals surface area contributed by atoms with Crippen LogP contribution in [0.5, 0.6) is 0 Å². The zero-order chi connectivity index (χ0) is 24.1. The van der Waals surface area contributed by atoms with Gasteiger partial charge in [0.05, 0.1) is 22.5 Å². The molecule has 0 fully saturated rings. The van der Waals surface area contributed by atoms with E-state index >= 15 is 0 Å². The highest BCUT2D eigenvalue weighted by atomic mass is 32.2. The van der Waals surface area contributed by atoms with Crippen LogP contribution in [0.25, 0.3) is 16.9 Å². The maximum atomic E-state index is 12.4. The van der Waals surface area contributed by atoms with Crippen LogP contribution >= 0.6 is 0 Å². The van der Waals surface area contributed by atoms with Gasteiger partial charge in [-0.15, -0.1) is 0 Å². The first-order valence-electron chi connectivity index (χ1n) is 9.94. The number of anilines is 1. The third-order valence-electron chi connectivity index (χ3n) is 5.39. The number of aryl methyl sites for hydroxylation is 1. The van der Waals surface area contributed by atoms with E-state index in [4.69, 9.17) is 5.73 Å². The SMILES string of the molecule is CN(C)S(=O)(=O)c1ccc(-n2nc(C(N)=O)c3c2-c2cc(NS(C)(=O)=O)ccc2CC3)cc1. The summed E-state index contributed by atoms with van der Waals surface area (Å²) in [6.07, 6.45) is 2.23. The number of primary amides is 1. The molecule has 33 heavy (non-hydrogen) atoms. The molecule has 174 valence electrons. The lowest BCUT2D eigenvalue weighted by atomic mass is 9.88. The molecule has 3 aromatic rings. The van der Waals surface area contributed by atoms with Crippen molar-refractivity contribution in [2.24, 2.45) is 5.73 Å². The summed E-state index contributed by atoms with van der Waals surface area (Å²) in [5, 5.41) is 4.44. The average Bonchev–Trinajstić information content (AvgIpc) is 3.13. The van der Waals surface area contributed by atoms with Crippen LogP contribution in [0.1, 0.15) is 21.6 Å². The van der Waals surface area contributed by atoms with Crippen LogP contribution < -0.4 is 10.5 Å². The topological polar surface area (TPSA) is 144 Å². The highest BCUT2D eigenvalue weighted by Gasteiger charge is 2.28. The Kier molecular flexibility index (Phi) is 5.55. The lowest BCUT2D eigenvalue weighted by Gasteiger charge is -2.20. The highest BCUT2D eigenvalue weighted by molar-refractivity contribution is 7.92. The summed E-state index contributed by atoms with van der Waals surface area (Å²) in [5.74, 6) is -0.675. The van der Waals surface area contributed by atoms with Crippen LogP contribution in [0, 0.1) is 0 Å². The molecule has 0 spiro atoms. The third-order valence-corrected chi connectivity index (χ3v) is 7.83. The lowest BCUT2D eigenvalue weighted by molar-refractivity contribution is 0.0994. The summed E-state index contributed by atoms with van der Waals surface area (Å²) in [5.41, 5.74) is 9.59. The molecule has 1 heterocycles. The number of hydrogen-bond acceptors (Lipinski definition) is 6. The van der Waals surface area contributed by atoms with Gasteiger partial charge in [-0.1, -0.05) is 6.07 Å². The number of aromatic nitrogens is 2. The van der Waals surface area contributed by atoms with E-state index in [2.05, 4.69) is 9.82 Å². The number of nitrogens with two attached hydrogens (primary N) is 1. The van der Waals surface area contributed by atoms with Crippen LogP contribution in [0.2, 0.25) is 0 Å². The molecule has 0 radical (unpaired) electrons. The van der Waals surface area contributed by atoms with Gasteiger partial charge >= 0.3 is 0 Å². The Labute approximate surface area is 192 Å². The van der Waals surface area contributed by atoms with Gasteiger partial charge in [0, 0.05) is 30.9 Å². The lowest BCUT2D eigenvalue weighted by Crippen LogP contribution is -2.22. The number of nitrogens with one attached hydrogen (secondary N) is 1. The number of amides is 1. The zero-order valence-electron chi connectivity index (χ0n) is 18.2. The van der Waals surface area contributed by atoms with Crippen molar-refractivity contribution in [3.8, 4) is 16.9 Å². The average molecular weight is 490 g/mol. The Balaban J connectivity index is 1.90. The number of hydrogen-bond donors (Lipinski definition) is 2. The van der Waals surface area contributed by atoms with Crippen molar-refractivity contribution in [1.29, 1.82) is 0 Å². The fourth-order valence-corrected chi connectivity index (χ4v) is 5.33. The molecule has 0 atom stereocenters. The van der Waals surface area contributed by atoms with Crippen molar-refractivity contribution in [3.05, 3.63) is 59.3 Å². The van der Waals surface area contributed by atoms with Crippen molar-refractivity contribution in [2.45, 2.75) is 17.7 Å². The fourth-order valence-electron chi connectivity index (χ4n) is 3.87. The fraction of sp³-hybridized carbons (Fsp3) is 0.238. The van der Waals surface area contributed by atoms with Gasteiger partial charge in [-0.05, 0) is 54.8 Å². The van der Waals surface area contributed by atoms with Crippen LogP contribution in [0.3, 0.4) is 0 Å². The van der Waals surface area contributed by atoms with Crippen LogP contribution in [-0.2, 0) is 32.9 Å². The normalized spacial score (nSPS) is 13.5. The summed E-state index contributed by atoms with van der Waals surface area (Å²) in [6, 6.07) is 11.3. The van der Waals surface area contributed by atoms with E-state index in [1.165, 1.54) is 26.2 Å². The predicted molar refractivity (Wildman–Crippen MR) is 124 cm³/mol. The van der Waals surface area contributed by atoms with Crippen LogP contribution in [-0.4, -0.2) is 57.2 Å². The molecule has 12 heteroatoms. The van der Waals surface area contributed by atoms with E-state index in [1.54, 1.807) is 28.9 Å². The Hall–Kier alpha value is -3.22. The summed E-state index contributed by atoms with van der Waals surface area (Å²) < 4.78 is 53.4. The summed E-state index contributed by atoms with van der Waals surface area (Å²) in [7, 11) is -4.19. The molecular formula is C21H23N5O5S2. The molecule has 10 nitrogen and oxygen atoms in total. The third kappa shape index (κ3) is 4.24. The standard InChI is InChI=1S/C21H23N5O5S2/c1-25(2)33(30,31)16-9-7-15(8-10-16)26-20-17(19(23-26)21(22)27)11-5-13-4-6-14(12-18(13)20)24-32(3,28)29/h4,6-10,12,24H,5,11H2,1-3H3,(H2,22,27). The molecule has 0 saturated carbocycles. The number of benzene rings is 2. The minimum Gasteiger partial charge on any atom is -0.364 e. The minimum atomic E-state index is -3.61. The van der Waals surface area contributed by atoms with Crippen molar-refractivity contribution in [2.75, 3.05) is 25.1 Å². The van der Waals surface area contributed by atoms with Gasteiger partial charge < -0.3 is 5.73 Å². The van der Waals surface area contributed by atoms with Crippen molar-refractivity contribution in [3.63, 3.8) is 0 Å². The number of fused-ring (bicyclic) bond motifs is 3. The Morgan fingerprint density at radius 3 is 2.30 bits per heavy atom. The Morgan fingerprint density at radius 2 is 1.73 bits per heavy atom. The summed E-state index contributed by atoms with van der Waals surface area (Å²) >= 11 is 0. The van der Waals surface area contributed by atoms with E-state index in [1.807, 2.05) is 6.07 Å². The second kappa shape index (κ2) is 7.97. The maximum Gasteiger partial charge on any atom is 0.269 e. The molecular weight excluding hydrogens is 466 g/mol. The van der Waals surface area contributed by atoms with Crippen LogP contribution in [0.4, 0.5) is 5.69 Å². The van der Waals surface area contributed by atoms with Crippen molar-refractivity contribution in [1.82, 2.24) is 14.1 Å². The molecule has 1 aliphatic carbocycles. The Morgan fingerprint density at radius 1 is 1.06 bits per heavy atom. The first-order valence-corrected chi connectivity index (χ1v) is 13.3. The minimum absolute atomic E-state index is 0.118. The van der Waals surface area contributed by atoms with Gasteiger partial charge in [-0.2, -0.15) is 5.10 Å². The Bertz CT molecular complexity index is 1470. The molecule has 0 unspecified atom stereocenters. The van der Waals surface area contributed by atoms with Gasteiger partial charge in [0.1, 0.15) is 0 Å². The van der Waals surface area contributed by atoms with E-state index < -0.39 is 26.0 Å². The first kappa shape index (κ1) is 23.0. The summed E-state index contributed by atoms with van der Waals surface area (Å²) in [6.45, 7) is 0. The first-order chi connectivity index (χ1) is 15.4. The molecule has 0 aliphatic heterocycles. The predicted octanol–water partition coefficient (Wildman–Crippen LogP) is 1.36. The zero-order valence-corrected chi connectivity index (χ0v) is 19.9. The number of carbonyl (C=O) groups is 1. The quantitative estimate of drug-likeness (QED) is 0.535. The number of rotatable bonds is 6. The van der Waals surface area contributed by atoms with E-state index in [9.17, 15) is 21.6 Å². The monoisotopic (exact) mass is 489 g/mol. The molecule has 1 amide bonds. The van der Waals surface area contributed by atoms with Crippen LogP contribution in [0.15, 0.2) is 47.4 Å². The largest absolute Gasteiger partial charge is 0.364 e. The van der Waals surface area contributed by atoms with Gasteiger partial charge in [0.25, 0.3) is 5.91 Å². The number of nitrogens with zero attached hydrogens (tertiary/aromatic N) is 3. The number of sulfonamides is 2. The van der Waals surface area contributed by atoms with Crippen molar-refractivity contribution >= 4 is 31.6 Å². The van der Waals surface area contributed by atoms with E-state index in [0.29, 0.717) is 35.5 Å². The van der Waals surface area contributed by atoms with Gasteiger partial charge in [0.2, 0.25) is 20.0 Å². The second-order valence-electron chi connectivity index (χ2n) is 7.98. The molecule has 0 bridgehead atoms. The molecule has 1 aliphatic rings. The molecule has 0 saturated heterocycles. The number of carbonyl (C=O) groups excluding carboxylic acids is 1. The van der Waals surface area contributed by atoms with E-state index in [0.717, 1.165) is 21.7 Å². The maximum absolute atomic E-state index is 12.4. The van der Waals surface area contributed by atoms with Crippen molar-refractivity contribution < 1.29 is 21.6 Å². The van der Waals surface area contributed by atoms with Gasteiger partial charge in [-0.25, -0.2) is 25.8 Å². The van der Waals surface area contributed by atoms with E-state index in [-0.39, 0.29) is 10.6 Å². The summed E-state index contributed by atoms with van der Waals surface area (Å²) in [4.78, 5) is 12.2. The van der Waals surface area contributed by atoms with Gasteiger partial charge in [-0.3, -0.25) is 9.52 Å². The molecule has 2 aromatic carbocycles.